The molecule has 0 bridgehead atoms. The first kappa shape index (κ1) is 12.6. The summed E-state index contributed by atoms with van der Waals surface area (Å²) in [6.45, 7) is 2.01. The van der Waals surface area contributed by atoms with Crippen LogP contribution in [0.25, 0.3) is 0 Å². The molecule has 1 aromatic heterocycles. The third kappa shape index (κ3) is 3.32. The minimum absolute atomic E-state index is 0.0908. The number of nitrogens with two attached hydrogens (primary N) is 1. The fraction of sp³-hybridized carbons (Fsp3) is 0.286. The largest absolute Gasteiger partial charge is 0.324 e. The van der Waals surface area contributed by atoms with Gasteiger partial charge in [-0.1, -0.05) is 29.8 Å². The lowest BCUT2D eigenvalue weighted by atomic mass is 10.0. The van der Waals surface area contributed by atoms with Gasteiger partial charge in [0.1, 0.15) is 0 Å². The number of rotatable bonds is 4. The molecule has 1 atom stereocenters. The van der Waals surface area contributed by atoms with Gasteiger partial charge in [-0.15, -0.1) is 11.3 Å². The van der Waals surface area contributed by atoms with Crippen molar-refractivity contribution in [1.82, 2.24) is 0 Å². The minimum Gasteiger partial charge on any atom is -0.324 e. The van der Waals surface area contributed by atoms with Crippen molar-refractivity contribution in [3.05, 3.63) is 56.7 Å². The van der Waals surface area contributed by atoms with Gasteiger partial charge in [0.05, 0.1) is 0 Å². The summed E-state index contributed by atoms with van der Waals surface area (Å²) in [5, 5.41) is 2.91. The highest BCUT2D eigenvalue weighted by molar-refractivity contribution is 7.09. The molecule has 0 saturated carbocycles. The molecule has 0 radical (unpaired) electrons. The fourth-order valence-corrected chi connectivity index (χ4v) is 2.66. The first-order chi connectivity index (χ1) is 8.16. The van der Waals surface area contributed by atoms with Crippen LogP contribution in [0.2, 0.25) is 5.02 Å². The Kier molecular flexibility index (Phi) is 4.21. The van der Waals surface area contributed by atoms with E-state index in [0.29, 0.717) is 0 Å². The van der Waals surface area contributed by atoms with Gasteiger partial charge in [0.15, 0.2) is 0 Å². The van der Waals surface area contributed by atoms with E-state index in [0.717, 1.165) is 23.4 Å². The third-order valence-electron chi connectivity index (χ3n) is 2.89. The molecule has 0 spiro atoms. The van der Waals surface area contributed by atoms with Gasteiger partial charge in [-0.25, -0.2) is 0 Å². The monoisotopic (exact) mass is 265 g/mol. The maximum Gasteiger partial charge on any atom is 0.0435 e. The Morgan fingerprint density at radius 1 is 1.35 bits per heavy atom. The summed E-state index contributed by atoms with van der Waals surface area (Å²) < 4.78 is 0. The van der Waals surface area contributed by atoms with Crippen LogP contribution < -0.4 is 5.73 Å². The molecule has 0 aliphatic heterocycles. The van der Waals surface area contributed by atoms with Crippen molar-refractivity contribution < 1.29 is 0 Å². The average molecular weight is 266 g/mol. The first-order valence-corrected chi connectivity index (χ1v) is 6.96. The summed E-state index contributed by atoms with van der Waals surface area (Å²) in [7, 11) is 0. The molecule has 17 heavy (non-hydrogen) atoms. The maximum absolute atomic E-state index is 6.19. The van der Waals surface area contributed by atoms with E-state index in [1.807, 2.05) is 19.1 Å². The lowest BCUT2D eigenvalue weighted by Crippen LogP contribution is -2.11. The number of halogens is 1. The van der Waals surface area contributed by atoms with E-state index in [4.69, 9.17) is 17.3 Å². The molecule has 1 aromatic carbocycles. The zero-order valence-electron chi connectivity index (χ0n) is 9.82. The SMILES string of the molecule is Cc1cc(C(N)CCc2cccs2)ccc1Cl. The smallest absolute Gasteiger partial charge is 0.0435 e. The molecule has 0 aliphatic rings. The third-order valence-corrected chi connectivity index (χ3v) is 4.25. The predicted molar refractivity (Wildman–Crippen MR) is 75.8 cm³/mol. The average Bonchev–Trinajstić information content (AvgIpc) is 2.82. The highest BCUT2D eigenvalue weighted by Gasteiger charge is 2.08. The Morgan fingerprint density at radius 2 is 2.18 bits per heavy atom. The van der Waals surface area contributed by atoms with Crippen molar-refractivity contribution in [2.24, 2.45) is 5.73 Å². The molecule has 2 rings (SSSR count). The van der Waals surface area contributed by atoms with Crippen LogP contribution in [0.5, 0.6) is 0 Å². The second kappa shape index (κ2) is 5.67. The van der Waals surface area contributed by atoms with Crippen LogP contribution in [0.1, 0.15) is 28.5 Å². The highest BCUT2D eigenvalue weighted by atomic mass is 35.5. The van der Waals surface area contributed by atoms with Crippen molar-refractivity contribution in [2.45, 2.75) is 25.8 Å². The molecule has 0 fully saturated rings. The Labute approximate surface area is 111 Å². The van der Waals surface area contributed by atoms with Gasteiger partial charge < -0.3 is 5.73 Å². The van der Waals surface area contributed by atoms with Gasteiger partial charge in [-0.3, -0.25) is 0 Å². The van der Waals surface area contributed by atoms with Crippen molar-refractivity contribution in [3.63, 3.8) is 0 Å². The topological polar surface area (TPSA) is 26.0 Å². The van der Waals surface area contributed by atoms with Crippen molar-refractivity contribution in [1.29, 1.82) is 0 Å². The van der Waals surface area contributed by atoms with Crippen LogP contribution in [0.4, 0.5) is 0 Å². The summed E-state index contributed by atoms with van der Waals surface area (Å²) in [5.74, 6) is 0. The molecule has 1 heterocycles. The van der Waals surface area contributed by atoms with E-state index in [9.17, 15) is 0 Å². The molecule has 90 valence electrons. The van der Waals surface area contributed by atoms with Gasteiger partial charge in [0.25, 0.3) is 0 Å². The normalized spacial score (nSPS) is 12.6. The van der Waals surface area contributed by atoms with Crippen LogP contribution in [0, 0.1) is 6.92 Å². The maximum atomic E-state index is 6.19. The minimum atomic E-state index is 0.0908. The standard InChI is InChI=1S/C14H16ClNS/c1-10-9-11(4-6-13(10)15)14(16)7-5-12-3-2-8-17-12/h2-4,6,8-9,14H,5,7,16H2,1H3. The summed E-state index contributed by atoms with van der Waals surface area (Å²) in [5.41, 5.74) is 8.46. The van der Waals surface area contributed by atoms with Crippen molar-refractivity contribution in [2.75, 3.05) is 0 Å². The summed E-state index contributed by atoms with van der Waals surface area (Å²) in [6.07, 6.45) is 2.02. The first-order valence-electron chi connectivity index (χ1n) is 5.71. The second-order valence-corrected chi connectivity index (χ2v) is 5.67. The molecule has 0 aliphatic carbocycles. The fourth-order valence-electron chi connectivity index (χ4n) is 1.82. The van der Waals surface area contributed by atoms with Gasteiger partial charge in [0.2, 0.25) is 0 Å². The highest BCUT2D eigenvalue weighted by Crippen LogP contribution is 2.23. The van der Waals surface area contributed by atoms with E-state index in [1.54, 1.807) is 11.3 Å². The predicted octanol–water partition coefficient (Wildman–Crippen LogP) is 4.34. The number of hydrogen-bond acceptors (Lipinski definition) is 2. The summed E-state index contributed by atoms with van der Waals surface area (Å²) in [6, 6.07) is 10.4. The van der Waals surface area contributed by atoms with Crippen LogP contribution in [0.3, 0.4) is 0 Å². The van der Waals surface area contributed by atoms with Crippen molar-refractivity contribution >= 4 is 22.9 Å². The number of benzene rings is 1. The zero-order valence-corrected chi connectivity index (χ0v) is 11.4. The van der Waals surface area contributed by atoms with Gasteiger partial charge in [-0.05, 0) is 48.4 Å². The molecule has 1 unspecified atom stereocenters. The lowest BCUT2D eigenvalue weighted by Gasteiger charge is -2.12. The molecule has 3 heteroatoms. The number of aryl methyl sites for hydroxylation is 2. The molecule has 0 amide bonds. The summed E-state index contributed by atoms with van der Waals surface area (Å²) in [4.78, 5) is 1.39. The van der Waals surface area contributed by atoms with E-state index in [2.05, 4.69) is 23.6 Å². The van der Waals surface area contributed by atoms with Gasteiger partial charge >= 0.3 is 0 Å². The van der Waals surface area contributed by atoms with Crippen LogP contribution in [0.15, 0.2) is 35.7 Å². The molecular formula is C14H16ClNS. The van der Waals surface area contributed by atoms with E-state index in [-0.39, 0.29) is 6.04 Å². The van der Waals surface area contributed by atoms with E-state index < -0.39 is 0 Å². The van der Waals surface area contributed by atoms with Crippen molar-refractivity contribution in [3.8, 4) is 0 Å². The second-order valence-electron chi connectivity index (χ2n) is 4.23. The van der Waals surface area contributed by atoms with E-state index in [1.165, 1.54) is 10.4 Å². The van der Waals surface area contributed by atoms with Gasteiger partial charge in [-0.2, -0.15) is 0 Å². The van der Waals surface area contributed by atoms with Crippen LogP contribution in [-0.2, 0) is 6.42 Å². The lowest BCUT2D eigenvalue weighted by molar-refractivity contribution is 0.655. The Hall–Kier alpha value is -0.830. The quantitative estimate of drug-likeness (QED) is 0.874. The zero-order chi connectivity index (χ0) is 12.3. The number of hydrogen-bond donors (Lipinski definition) is 1. The van der Waals surface area contributed by atoms with Gasteiger partial charge in [0, 0.05) is 15.9 Å². The van der Waals surface area contributed by atoms with Crippen LogP contribution in [-0.4, -0.2) is 0 Å². The Balaban J connectivity index is 1.99. The van der Waals surface area contributed by atoms with E-state index >= 15 is 0 Å². The summed E-state index contributed by atoms with van der Waals surface area (Å²) >= 11 is 7.79. The molecule has 0 saturated heterocycles. The molecule has 2 N–H and O–H groups in total. The Morgan fingerprint density at radius 3 is 2.82 bits per heavy atom. The molecule has 1 nitrogen and oxygen atoms in total. The molecular weight excluding hydrogens is 250 g/mol. The Bertz CT molecular complexity index is 479. The van der Waals surface area contributed by atoms with Crippen LogP contribution >= 0.6 is 22.9 Å². The molecule has 2 aromatic rings. The number of thiophene rings is 1.